The molecule has 14 heavy (non-hydrogen) atoms. The second kappa shape index (κ2) is 6.41. The summed E-state index contributed by atoms with van der Waals surface area (Å²) in [7, 11) is 0. The molecule has 1 unspecified atom stereocenters. The summed E-state index contributed by atoms with van der Waals surface area (Å²) in [6.07, 6.45) is 7.06. The molecule has 0 bridgehead atoms. The zero-order valence-corrected chi connectivity index (χ0v) is 9.54. The molecule has 1 fully saturated rings. The van der Waals surface area contributed by atoms with Crippen LogP contribution >= 0.6 is 0 Å². The van der Waals surface area contributed by atoms with E-state index < -0.39 is 0 Å². The maximum atomic E-state index is 9.69. The minimum atomic E-state index is -0.0671. The number of aliphatic hydroxyl groups excluding tert-OH is 1. The number of aliphatic hydroxyl groups is 1. The summed E-state index contributed by atoms with van der Waals surface area (Å²) in [5.41, 5.74) is 0. The standard InChI is InChI=1S/C12H24O2/c1-3-5-6-11(13)7-10-8-12(9-10)14-4-2/h10-13H,3-9H2,1-2H3. The van der Waals surface area contributed by atoms with E-state index in [1.54, 1.807) is 0 Å². The molecule has 0 aromatic rings. The molecule has 1 atom stereocenters. The van der Waals surface area contributed by atoms with Crippen molar-refractivity contribution in [1.82, 2.24) is 0 Å². The van der Waals surface area contributed by atoms with Gasteiger partial charge >= 0.3 is 0 Å². The van der Waals surface area contributed by atoms with Crippen LogP contribution in [-0.2, 0) is 4.74 Å². The van der Waals surface area contributed by atoms with Gasteiger partial charge in [0.25, 0.3) is 0 Å². The average Bonchev–Trinajstić information content (AvgIpc) is 2.11. The first kappa shape index (κ1) is 12.0. The number of hydrogen-bond acceptors (Lipinski definition) is 2. The lowest BCUT2D eigenvalue weighted by Crippen LogP contribution is -2.33. The summed E-state index contributed by atoms with van der Waals surface area (Å²) < 4.78 is 5.49. The Morgan fingerprint density at radius 3 is 2.64 bits per heavy atom. The molecular formula is C12H24O2. The maximum absolute atomic E-state index is 9.69. The molecule has 0 amide bonds. The second-order valence-corrected chi connectivity index (χ2v) is 4.45. The molecule has 0 radical (unpaired) electrons. The average molecular weight is 200 g/mol. The first-order valence-corrected chi connectivity index (χ1v) is 6.05. The Morgan fingerprint density at radius 1 is 1.36 bits per heavy atom. The topological polar surface area (TPSA) is 29.5 Å². The van der Waals surface area contributed by atoms with E-state index in [1.807, 2.05) is 6.92 Å². The van der Waals surface area contributed by atoms with Crippen molar-refractivity contribution in [2.45, 2.75) is 64.6 Å². The minimum Gasteiger partial charge on any atom is -0.393 e. The van der Waals surface area contributed by atoms with Crippen LogP contribution < -0.4 is 0 Å². The van der Waals surface area contributed by atoms with E-state index in [2.05, 4.69) is 6.92 Å². The quantitative estimate of drug-likeness (QED) is 0.684. The highest BCUT2D eigenvalue weighted by atomic mass is 16.5. The normalized spacial score (nSPS) is 28.5. The van der Waals surface area contributed by atoms with Gasteiger partial charge in [0.05, 0.1) is 12.2 Å². The van der Waals surface area contributed by atoms with Crippen LogP contribution in [0.1, 0.15) is 52.4 Å². The van der Waals surface area contributed by atoms with Gasteiger partial charge in [0.1, 0.15) is 0 Å². The van der Waals surface area contributed by atoms with Gasteiger partial charge in [-0.1, -0.05) is 19.8 Å². The summed E-state index contributed by atoms with van der Waals surface area (Å²) in [5, 5.41) is 9.69. The largest absolute Gasteiger partial charge is 0.393 e. The Bertz CT molecular complexity index is 141. The fourth-order valence-electron chi connectivity index (χ4n) is 2.18. The van der Waals surface area contributed by atoms with Crippen LogP contribution in [0.5, 0.6) is 0 Å². The van der Waals surface area contributed by atoms with Crippen LogP contribution in [0.4, 0.5) is 0 Å². The van der Waals surface area contributed by atoms with Crippen LogP contribution in [0.15, 0.2) is 0 Å². The van der Waals surface area contributed by atoms with Crippen molar-refractivity contribution in [2.75, 3.05) is 6.61 Å². The van der Waals surface area contributed by atoms with Crippen molar-refractivity contribution in [1.29, 1.82) is 0 Å². The van der Waals surface area contributed by atoms with Gasteiger partial charge in [-0.15, -0.1) is 0 Å². The van der Waals surface area contributed by atoms with Gasteiger partial charge in [-0.25, -0.2) is 0 Å². The van der Waals surface area contributed by atoms with E-state index in [9.17, 15) is 5.11 Å². The Balaban J connectivity index is 1.98. The van der Waals surface area contributed by atoms with E-state index in [1.165, 1.54) is 6.42 Å². The number of rotatable bonds is 7. The molecule has 1 rings (SSSR count). The van der Waals surface area contributed by atoms with E-state index in [0.717, 1.165) is 44.6 Å². The number of unbranched alkanes of at least 4 members (excludes halogenated alkanes) is 1. The van der Waals surface area contributed by atoms with E-state index in [4.69, 9.17) is 4.74 Å². The van der Waals surface area contributed by atoms with Crippen LogP contribution in [0.25, 0.3) is 0 Å². The van der Waals surface area contributed by atoms with Gasteiger partial charge in [-0.2, -0.15) is 0 Å². The van der Waals surface area contributed by atoms with Gasteiger partial charge in [-0.3, -0.25) is 0 Å². The Hall–Kier alpha value is -0.0800. The molecule has 84 valence electrons. The smallest absolute Gasteiger partial charge is 0.0580 e. The van der Waals surface area contributed by atoms with Crippen LogP contribution in [0.2, 0.25) is 0 Å². The molecule has 1 aliphatic carbocycles. The van der Waals surface area contributed by atoms with E-state index in [0.29, 0.717) is 6.10 Å². The zero-order chi connectivity index (χ0) is 10.4. The van der Waals surface area contributed by atoms with Gasteiger partial charge in [0, 0.05) is 6.61 Å². The molecule has 1 aliphatic rings. The first-order valence-electron chi connectivity index (χ1n) is 6.05. The Kier molecular flexibility index (Phi) is 5.49. The molecule has 0 aliphatic heterocycles. The maximum Gasteiger partial charge on any atom is 0.0580 e. The molecule has 1 N–H and O–H groups in total. The molecule has 0 aromatic carbocycles. The highest BCUT2D eigenvalue weighted by Crippen LogP contribution is 2.34. The monoisotopic (exact) mass is 200 g/mol. The molecule has 2 heteroatoms. The van der Waals surface area contributed by atoms with Gasteiger partial charge < -0.3 is 9.84 Å². The van der Waals surface area contributed by atoms with Crippen molar-refractivity contribution >= 4 is 0 Å². The molecule has 2 nitrogen and oxygen atoms in total. The Labute approximate surface area is 87.7 Å². The van der Waals surface area contributed by atoms with Crippen molar-refractivity contribution in [2.24, 2.45) is 5.92 Å². The lowest BCUT2D eigenvalue weighted by molar-refractivity contribution is -0.0384. The summed E-state index contributed by atoms with van der Waals surface area (Å²) in [5.74, 6) is 0.721. The molecule has 0 heterocycles. The third kappa shape index (κ3) is 3.97. The summed E-state index contributed by atoms with van der Waals surface area (Å²) in [4.78, 5) is 0. The second-order valence-electron chi connectivity index (χ2n) is 4.45. The number of ether oxygens (including phenoxy) is 1. The number of hydrogen-bond donors (Lipinski definition) is 1. The third-order valence-electron chi connectivity index (χ3n) is 3.09. The fourth-order valence-corrected chi connectivity index (χ4v) is 2.18. The lowest BCUT2D eigenvalue weighted by atomic mass is 9.78. The van der Waals surface area contributed by atoms with Crippen molar-refractivity contribution < 1.29 is 9.84 Å². The highest BCUT2D eigenvalue weighted by molar-refractivity contribution is 4.81. The molecule has 1 saturated carbocycles. The third-order valence-corrected chi connectivity index (χ3v) is 3.09. The SMILES string of the molecule is CCCCC(O)CC1CC(OCC)C1. The fraction of sp³-hybridized carbons (Fsp3) is 1.00. The molecule has 0 aromatic heterocycles. The lowest BCUT2D eigenvalue weighted by Gasteiger charge is -2.36. The molecule has 0 spiro atoms. The van der Waals surface area contributed by atoms with Crippen LogP contribution in [0.3, 0.4) is 0 Å². The van der Waals surface area contributed by atoms with Crippen molar-refractivity contribution in [3.63, 3.8) is 0 Å². The molecule has 0 saturated heterocycles. The summed E-state index contributed by atoms with van der Waals surface area (Å²) >= 11 is 0. The van der Waals surface area contributed by atoms with Crippen LogP contribution in [-0.4, -0.2) is 23.9 Å². The zero-order valence-electron chi connectivity index (χ0n) is 9.54. The summed E-state index contributed by atoms with van der Waals surface area (Å²) in [6, 6.07) is 0. The van der Waals surface area contributed by atoms with Gasteiger partial charge in [0.2, 0.25) is 0 Å². The van der Waals surface area contributed by atoms with Gasteiger partial charge in [-0.05, 0) is 38.5 Å². The highest BCUT2D eigenvalue weighted by Gasteiger charge is 2.30. The predicted octanol–water partition coefficient (Wildman–Crippen LogP) is 2.74. The van der Waals surface area contributed by atoms with E-state index >= 15 is 0 Å². The van der Waals surface area contributed by atoms with Crippen molar-refractivity contribution in [3.05, 3.63) is 0 Å². The summed E-state index contributed by atoms with van der Waals surface area (Å²) in [6.45, 7) is 5.04. The Morgan fingerprint density at radius 2 is 2.07 bits per heavy atom. The van der Waals surface area contributed by atoms with E-state index in [-0.39, 0.29) is 6.10 Å². The van der Waals surface area contributed by atoms with Crippen LogP contribution in [0, 0.1) is 5.92 Å². The van der Waals surface area contributed by atoms with Gasteiger partial charge in [0.15, 0.2) is 0 Å². The predicted molar refractivity (Wildman–Crippen MR) is 58.3 cm³/mol. The molecular weight excluding hydrogens is 176 g/mol. The minimum absolute atomic E-state index is 0.0671. The first-order chi connectivity index (χ1) is 6.76. The van der Waals surface area contributed by atoms with Crippen molar-refractivity contribution in [3.8, 4) is 0 Å².